The molecule has 5 heteroatoms. The third-order valence-electron chi connectivity index (χ3n) is 10.1. The van der Waals surface area contributed by atoms with Gasteiger partial charge in [-0.05, 0) is 93.8 Å². The van der Waals surface area contributed by atoms with Crippen LogP contribution in [-0.2, 0) is 0 Å². The van der Waals surface area contributed by atoms with Crippen molar-refractivity contribution in [2.75, 3.05) is 9.80 Å². The first-order valence-electron chi connectivity index (χ1n) is 17.3. The van der Waals surface area contributed by atoms with Crippen molar-refractivity contribution in [3.63, 3.8) is 0 Å². The molecule has 8 aromatic rings. The predicted molar refractivity (Wildman–Crippen MR) is 218 cm³/mol. The Bertz CT molecular complexity index is 2730. The molecule has 0 aliphatic carbocycles. The van der Waals surface area contributed by atoms with Crippen LogP contribution in [0.1, 0.15) is 0 Å². The first kappa shape index (κ1) is 29.7. The van der Waals surface area contributed by atoms with Crippen LogP contribution in [0.4, 0.5) is 28.4 Å². The van der Waals surface area contributed by atoms with Gasteiger partial charge in [0.1, 0.15) is 5.58 Å². The molecule has 3 nitrogen and oxygen atoms in total. The molecule has 7 aromatic carbocycles. The number of nitrogens with zero attached hydrogens (tertiary/aromatic N) is 2. The van der Waals surface area contributed by atoms with Gasteiger partial charge in [-0.25, -0.2) is 0 Å². The molecule has 0 fully saturated rings. The van der Waals surface area contributed by atoms with Crippen LogP contribution in [0.15, 0.2) is 197 Å². The average Bonchev–Trinajstić information content (AvgIpc) is 3.57. The van der Waals surface area contributed by atoms with Crippen LogP contribution in [0, 0.1) is 0 Å². The first-order chi connectivity index (χ1) is 25.3. The summed E-state index contributed by atoms with van der Waals surface area (Å²) in [5.74, 6) is 0. The molecule has 3 heterocycles. The number of hydrogen-bond donors (Lipinski definition) is 0. The van der Waals surface area contributed by atoms with Crippen LogP contribution in [0.2, 0.25) is 0 Å². The number of furan rings is 1. The summed E-state index contributed by atoms with van der Waals surface area (Å²) in [6.45, 7) is 3.79. The van der Waals surface area contributed by atoms with Gasteiger partial charge in [-0.3, -0.25) is 0 Å². The minimum atomic E-state index is -0.0219. The highest BCUT2D eigenvalue weighted by Crippen LogP contribution is 2.45. The number of benzene rings is 7. The number of anilines is 5. The lowest BCUT2D eigenvalue weighted by molar-refractivity contribution is 0.649. The minimum Gasteiger partial charge on any atom is -0.468 e. The molecule has 0 bridgehead atoms. The van der Waals surface area contributed by atoms with Gasteiger partial charge in [-0.1, -0.05) is 121 Å². The van der Waals surface area contributed by atoms with E-state index in [2.05, 4.69) is 168 Å². The molecule has 240 valence electrons. The molecule has 0 radical (unpaired) electrons. The molecule has 51 heavy (non-hydrogen) atoms. The maximum absolute atomic E-state index is 7.09. The Balaban J connectivity index is 1.14. The van der Waals surface area contributed by atoms with E-state index >= 15 is 0 Å². The predicted octanol–water partition coefficient (Wildman–Crippen LogP) is 10.9. The molecule has 0 atom stereocenters. The van der Waals surface area contributed by atoms with Gasteiger partial charge in [0.2, 0.25) is 0 Å². The second kappa shape index (κ2) is 12.0. The van der Waals surface area contributed by atoms with Gasteiger partial charge in [-0.2, -0.15) is 0 Å². The molecule has 0 spiro atoms. The fourth-order valence-electron chi connectivity index (χ4n) is 7.89. The largest absolute Gasteiger partial charge is 0.468 e. The van der Waals surface area contributed by atoms with E-state index in [4.69, 9.17) is 4.42 Å². The van der Waals surface area contributed by atoms with Crippen molar-refractivity contribution in [3.8, 4) is 0 Å². The summed E-state index contributed by atoms with van der Waals surface area (Å²) >= 11 is 1.84. The fourth-order valence-corrected chi connectivity index (χ4v) is 9.12. The molecule has 0 saturated heterocycles. The zero-order valence-corrected chi connectivity index (χ0v) is 28.6. The van der Waals surface area contributed by atoms with Gasteiger partial charge in [0.25, 0.3) is 6.71 Å². The average molecular weight is 671 g/mol. The Hall–Kier alpha value is -6.17. The van der Waals surface area contributed by atoms with Crippen molar-refractivity contribution in [1.29, 1.82) is 0 Å². The number of fused-ring (bicyclic) bond motifs is 10. The summed E-state index contributed by atoms with van der Waals surface area (Å²) in [5.41, 5.74) is 10.1. The summed E-state index contributed by atoms with van der Waals surface area (Å²) in [6.07, 6.45) is 9.87. The van der Waals surface area contributed by atoms with Crippen LogP contribution in [0.3, 0.4) is 0 Å². The number of para-hydroxylation sites is 2. The van der Waals surface area contributed by atoms with Crippen LogP contribution >= 0.6 is 11.8 Å². The number of allylic oxidation sites excluding steroid dienone is 4. The molecule has 0 amide bonds. The fraction of sp³-hybridized carbons (Fsp3) is 0. The highest BCUT2D eigenvalue weighted by molar-refractivity contribution is 8.00. The lowest BCUT2D eigenvalue weighted by atomic mass is 9.37. The summed E-state index contributed by atoms with van der Waals surface area (Å²) in [5, 5.41) is 6.05. The Morgan fingerprint density at radius 3 is 2.31 bits per heavy atom. The smallest absolute Gasteiger partial charge is 0.294 e. The number of rotatable bonds is 6. The Kier molecular flexibility index (Phi) is 7.00. The van der Waals surface area contributed by atoms with Crippen LogP contribution in [0.5, 0.6) is 0 Å². The highest BCUT2D eigenvalue weighted by Gasteiger charge is 2.44. The zero-order valence-electron chi connectivity index (χ0n) is 27.7. The van der Waals surface area contributed by atoms with Crippen molar-refractivity contribution in [2.45, 2.75) is 9.79 Å². The third kappa shape index (κ3) is 4.69. The highest BCUT2D eigenvalue weighted by atomic mass is 32.2. The third-order valence-corrected chi connectivity index (χ3v) is 11.3. The van der Waals surface area contributed by atoms with E-state index in [0.717, 1.165) is 39.4 Å². The minimum absolute atomic E-state index is 0.0219. The van der Waals surface area contributed by atoms with E-state index in [0.29, 0.717) is 0 Å². The summed E-state index contributed by atoms with van der Waals surface area (Å²) in [6, 6.07) is 52.4. The van der Waals surface area contributed by atoms with E-state index in [1.807, 2.05) is 30.0 Å². The summed E-state index contributed by atoms with van der Waals surface area (Å²) in [7, 11) is 0. The topological polar surface area (TPSA) is 19.6 Å². The van der Waals surface area contributed by atoms with E-state index < -0.39 is 0 Å². The quantitative estimate of drug-likeness (QED) is 0.0996. The van der Waals surface area contributed by atoms with Crippen LogP contribution in [0.25, 0.3) is 32.5 Å². The molecule has 1 aromatic heterocycles. The Morgan fingerprint density at radius 1 is 0.627 bits per heavy atom. The van der Waals surface area contributed by atoms with Gasteiger partial charge < -0.3 is 14.2 Å². The molecule has 10 rings (SSSR count). The lowest BCUT2D eigenvalue weighted by Crippen LogP contribution is -2.59. The van der Waals surface area contributed by atoms with E-state index in [-0.39, 0.29) is 6.71 Å². The van der Waals surface area contributed by atoms with Gasteiger partial charge in [0.05, 0.1) is 10.6 Å². The van der Waals surface area contributed by atoms with Crippen molar-refractivity contribution in [1.82, 2.24) is 0 Å². The molecule has 2 aliphatic heterocycles. The SMILES string of the molecule is C=C/C=C\C=C\N(c1ccccc1)c1cccc(N2c3ccccc3B3c4oc5c(ccc6c7ccccc7ccc65)c4Sc4cccc2c43)c1. The van der Waals surface area contributed by atoms with E-state index in [1.165, 1.54) is 47.9 Å². The first-order valence-corrected chi connectivity index (χ1v) is 18.1. The summed E-state index contributed by atoms with van der Waals surface area (Å²) in [4.78, 5) is 7.13. The van der Waals surface area contributed by atoms with E-state index in [9.17, 15) is 0 Å². The standard InChI is InChI=1S/C46H31BN2OS/c1-2-3-4-12-29-48(32-16-6-5-7-17-32)33-18-13-19-34(30-33)49-40-22-11-10-21-39(40)47-43-41(49)23-14-24-42(43)51-45-38-28-27-36-35-20-9-8-15-31(35)25-26-37(36)44(38)50-46(45)47/h2-30H,1H2/b4-3-,29-12+. The monoisotopic (exact) mass is 670 g/mol. The Morgan fingerprint density at radius 2 is 1.39 bits per heavy atom. The molecule has 0 saturated carbocycles. The second-order valence-corrected chi connectivity index (χ2v) is 14.0. The maximum atomic E-state index is 7.09. The van der Waals surface area contributed by atoms with Crippen molar-refractivity contribution < 1.29 is 4.42 Å². The molecular formula is C46H31BN2OS. The molecule has 0 N–H and O–H groups in total. The Labute approximate surface area is 301 Å². The van der Waals surface area contributed by atoms with Crippen LogP contribution in [-0.4, -0.2) is 6.71 Å². The lowest BCUT2D eigenvalue weighted by Gasteiger charge is -2.39. The number of hydrogen-bond acceptors (Lipinski definition) is 4. The van der Waals surface area contributed by atoms with Gasteiger partial charge in [0, 0.05) is 50.3 Å². The molecule has 0 unspecified atom stereocenters. The maximum Gasteiger partial charge on any atom is 0.294 e. The van der Waals surface area contributed by atoms with Gasteiger partial charge in [0.15, 0.2) is 0 Å². The van der Waals surface area contributed by atoms with Gasteiger partial charge in [-0.15, -0.1) is 0 Å². The van der Waals surface area contributed by atoms with Crippen molar-refractivity contribution in [2.24, 2.45) is 0 Å². The normalized spacial score (nSPS) is 13.3. The van der Waals surface area contributed by atoms with E-state index in [1.54, 1.807) is 6.08 Å². The van der Waals surface area contributed by atoms with Gasteiger partial charge >= 0.3 is 0 Å². The molecular weight excluding hydrogens is 639 g/mol. The van der Waals surface area contributed by atoms with Crippen molar-refractivity contribution >= 4 is 96.0 Å². The van der Waals surface area contributed by atoms with Crippen molar-refractivity contribution in [3.05, 3.63) is 183 Å². The van der Waals surface area contributed by atoms with Crippen LogP contribution < -0.4 is 26.4 Å². The zero-order chi connectivity index (χ0) is 33.9. The molecule has 2 aliphatic rings. The summed E-state index contributed by atoms with van der Waals surface area (Å²) < 4.78 is 7.09. The second-order valence-electron chi connectivity index (χ2n) is 12.9.